The molecule has 27 heavy (non-hydrogen) atoms. The first-order valence-corrected chi connectivity index (χ1v) is 11.3. The Morgan fingerprint density at radius 3 is 2.33 bits per heavy atom. The summed E-state index contributed by atoms with van der Waals surface area (Å²) < 4.78 is 5.85. The van der Waals surface area contributed by atoms with E-state index < -0.39 is 0 Å². The molecule has 0 radical (unpaired) electrons. The van der Waals surface area contributed by atoms with Gasteiger partial charge in [0.1, 0.15) is 5.60 Å². The van der Waals surface area contributed by atoms with Gasteiger partial charge in [0, 0.05) is 49.9 Å². The van der Waals surface area contributed by atoms with Crippen LogP contribution in [0, 0.1) is 6.92 Å². The smallest absolute Gasteiger partial charge is 0.259 e. The van der Waals surface area contributed by atoms with E-state index in [0.717, 1.165) is 50.1 Å². The van der Waals surface area contributed by atoms with Crippen molar-refractivity contribution in [2.75, 3.05) is 38.5 Å². The zero-order valence-corrected chi connectivity index (χ0v) is 19.1. The second kappa shape index (κ2) is 8.53. The number of rotatable bonds is 0. The van der Waals surface area contributed by atoms with Gasteiger partial charge in [0.25, 0.3) is 5.17 Å². The number of piperazine rings is 1. The summed E-state index contributed by atoms with van der Waals surface area (Å²) in [6.07, 6.45) is 0. The lowest BCUT2D eigenvalue weighted by molar-refractivity contribution is 0.0853. The number of ether oxygens (including phenoxy) is 1. The third-order valence-corrected chi connectivity index (χ3v) is 6.62. The second-order valence-electron chi connectivity index (χ2n) is 8.12. The minimum Gasteiger partial charge on any atom is -0.465 e. The molecule has 0 amide bonds. The molecule has 0 atom stereocenters. The average molecular weight is 424 g/mol. The van der Waals surface area contributed by atoms with Crippen molar-refractivity contribution >= 4 is 46.5 Å². The molecule has 0 aromatic heterocycles. The number of nitrogens with zero attached hydrogens (tertiary/aromatic N) is 3. The van der Waals surface area contributed by atoms with Crippen LogP contribution in [-0.2, 0) is 11.3 Å². The monoisotopic (exact) mass is 423 g/mol. The Balaban J connectivity index is 1.58. The second-order valence-corrected chi connectivity index (χ2v) is 9.97. The number of fused-ring (bicyclic) bond motifs is 1. The Kier molecular flexibility index (Phi) is 6.54. The predicted molar refractivity (Wildman–Crippen MR) is 121 cm³/mol. The van der Waals surface area contributed by atoms with E-state index in [2.05, 4.69) is 39.8 Å². The van der Waals surface area contributed by atoms with Gasteiger partial charge in [-0.25, -0.2) is 0 Å². The summed E-state index contributed by atoms with van der Waals surface area (Å²) in [4.78, 5) is 8.21. The molecule has 0 spiro atoms. The number of hydrogen-bond donors (Lipinski definition) is 0. The largest absolute Gasteiger partial charge is 0.465 e. The highest BCUT2D eigenvalue weighted by Crippen LogP contribution is 2.28. The minimum absolute atomic E-state index is 0.251. The molecular weight excluding hydrogens is 394 g/mol. The van der Waals surface area contributed by atoms with E-state index >= 15 is 0 Å². The quantitative estimate of drug-likeness (QED) is 0.582. The van der Waals surface area contributed by atoms with Crippen LogP contribution < -0.4 is 0 Å². The molecule has 0 saturated carbocycles. The molecule has 1 aromatic rings. The van der Waals surface area contributed by atoms with Gasteiger partial charge in [-0.05, 0) is 63.8 Å². The Bertz CT molecular complexity index is 709. The number of aryl methyl sites for hydroxylation is 1. The first-order valence-electron chi connectivity index (χ1n) is 9.47. The van der Waals surface area contributed by atoms with E-state index in [1.165, 1.54) is 16.0 Å². The van der Waals surface area contributed by atoms with Crippen molar-refractivity contribution in [2.45, 2.75) is 44.7 Å². The van der Waals surface area contributed by atoms with Gasteiger partial charge < -0.3 is 19.4 Å². The molecular formula is C20H29N3OS3. The van der Waals surface area contributed by atoms with Gasteiger partial charge in [0.05, 0.1) is 0 Å². The van der Waals surface area contributed by atoms with Crippen molar-refractivity contribution in [3.05, 3.63) is 29.3 Å². The summed E-state index contributed by atoms with van der Waals surface area (Å²) in [6, 6.07) is 6.74. The summed E-state index contributed by atoms with van der Waals surface area (Å²) in [5.41, 5.74) is 2.44. The normalized spacial score (nSPS) is 18.0. The van der Waals surface area contributed by atoms with E-state index in [-0.39, 0.29) is 5.60 Å². The van der Waals surface area contributed by atoms with Crippen molar-refractivity contribution in [3.8, 4) is 0 Å². The van der Waals surface area contributed by atoms with E-state index in [4.69, 9.17) is 29.2 Å². The molecule has 2 heterocycles. The van der Waals surface area contributed by atoms with Crippen LogP contribution in [0.15, 0.2) is 23.1 Å². The standard InChI is InChI=1S/C20H29N3OS3/c1-15-5-6-17-16(13-15)14-23(11-12-27-17)18(25)21-7-9-22(10-8-21)19(26)24-20(2,3)4/h5-6,13H,7-12,14H2,1-4H3. The predicted octanol–water partition coefficient (Wildman–Crippen LogP) is 3.91. The van der Waals surface area contributed by atoms with Gasteiger partial charge in [0.2, 0.25) is 0 Å². The van der Waals surface area contributed by atoms with Crippen molar-refractivity contribution in [1.82, 2.24) is 14.7 Å². The lowest BCUT2D eigenvalue weighted by Gasteiger charge is -2.40. The van der Waals surface area contributed by atoms with Gasteiger partial charge in [-0.2, -0.15) is 0 Å². The third-order valence-electron chi connectivity index (χ3n) is 4.67. The van der Waals surface area contributed by atoms with Gasteiger partial charge in [0.15, 0.2) is 5.11 Å². The van der Waals surface area contributed by atoms with Crippen LogP contribution in [0.1, 0.15) is 31.9 Å². The molecule has 2 aliphatic heterocycles. The molecule has 0 N–H and O–H groups in total. The van der Waals surface area contributed by atoms with E-state index in [1.807, 2.05) is 32.5 Å². The molecule has 2 aliphatic rings. The maximum atomic E-state index is 5.87. The fourth-order valence-corrected chi connectivity index (χ4v) is 5.07. The number of hydrogen-bond acceptors (Lipinski definition) is 4. The summed E-state index contributed by atoms with van der Waals surface area (Å²) >= 11 is 13.3. The summed E-state index contributed by atoms with van der Waals surface area (Å²) in [5, 5.41) is 1.57. The van der Waals surface area contributed by atoms with Gasteiger partial charge in [-0.15, -0.1) is 11.8 Å². The summed E-state index contributed by atoms with van der Waals surface area (Å²) in [5.74, 6) is 1.07. The average Bonchev–Trinajstić information content (AvgIpc) is 2.81. The van der Waals surface area contributed by atoms with E-state index in [0.29, 0.717) is 5.17 Å². The number of benzene rings is 1. The Morgan fingerprint density at radius 1 is 1.00 bits per heavy atom. The zero-order chi connectivity index (χ0) is 19.6. The molecule has 3 rings (SSSR count). The molecule has 0 bridgehead atoms. The first kappa shape index (κ1) is 20.7. The lowest BCUT2D eigenvalue weighted by atomic mass is 10.1. The van der Waals surface area contributed by atoms with Gasteiger partial charge in [-0.1, -0.05) is 17.7 Å². The van der Waals surface area contributed by atoms with Crippen LogP contribution in [0.4, 0.5) is 0 Å². The molecule has 1 aromatic carbocycles. The highest BCUT2D eigenvalue weighted by Gasteiger charge is 2.27. The van der Waals surface area contributed by atoms with Crippen molar-refractivity contribution < 1.29 is 4.74 Å². The topological polar surface area (TPSA) is 19.0 Å². The zero-order valence-electron chi connectivity index (χ0n) is 16.7. The highest BCUT2D eigenvalue weighted by atomic mass is 32.2. The third kappa shape index (κ3) is 5.48. The number of thiocarbonyl (C=S) groups is 2. The van der Waals surface area contributed by atoms with Crippen molar-refractivity contribution in [1.29, 1.82) is 0 Å². The molecule has 1 fully saturated rings. The van der Waals surface area contributed by atoms with Crippen LogP contribution in [0.2, 0.25) is 0 Å². The SMILES string of the molecule is Cc1ccc2c(c1)CN(C(=S)N1CCN(C(=S)OC(C)(C)C)CC1)CCS2. The molecule has 7 heteroatoms. The molecule has 4 nitrogen and oxygen atoms in total. The molecule has 0 unspecified atom stereocenters. The van der Waals surface area contributed by atoms with Gasteiger partial charge in [-0.3, -0.25) is 0 Å². The number of thioether (sulfide) groups is 1. The van der Waals surface area contributed by atoms with Crippen LogP contribution >= 0.6 is 36.2 Å². The maximum absolute atomic E-state index is 5.87. The Labute approximate surface area is 178 Å². The van der Waals surface area contributed by atoms with Crippen LogP contribution in [0.5, 0.6) is 0 Å². The lowest BCUT2D eigenvalue weighted by Crippen LogP contribution is -2.54. The Morgan fingerprint density at radius 2 is 1.67 bits per heavy atom. The van der Waals surface area contributed by atoms with Crippen LogP contribution in [-0.4, -0.2) is 69.1 Å². The highest BCUT2D eigenvalue weighted by molar-refractivity contribution is 7.99. The first-order chi connectivity index (χ1) is 12.7. The Hall–Kier alpha value is -1.05. The fourth-order valence-electron chi connectivity index (χ4n) is 3.29. The minimum atomic E-state index is -0.251. The van der Waals surface area contributed by atoms with Crippen molar-refractivity contribution in [3.63, 3.8) is 0 Å². The van der Waals surface area contributed by atoms with Crippen LogP contribution in [0.3, 0.4) is 0 Å². The van der Waals surface area contributed by atoms with E-state index in [1.54, 1.807) is 0 Å². The van der Waals surface area contributed by atoms with Crippen LogP contribution in [0.25, 0.3) is 0 Å². The summed E-state index contributed by atoms with van der Waals surface area (Å²) in [6.45, 7) is 13.6. The fraction of sp³-hybridized carbons (Fsp3) is 0.600. The maximum Gasteiger partial charge on any atom is 0.259 e. The molecule has 0 aliphatic carbocycles. The summed E-state index contributed by atoms with van der Waals surface area (Å²) in [7, 11) is 0. The van der Waals surface area contributed by atoms with E-state index in [9.17, 15) is 0 Å². The molecule has 148 valence electrons. The molecule has 1 saturated heterocycles. The van der Waals surface area contributed by atoms with Crippen molar-refractivity contribution in [2.24, 2.45) is 0 Å². The van der Waals surface area contributed by atoms with Gasteiger partial charge >= 0.3 is 0 Å².